The van der Waals surface area contributed by atoms with Gasteiger partial charge in [-0.1, -0.05) is 13.8 Å². The van der Waals surface area contributed by atoms with Gasteiger partial charge < -0.3 is 19.6 Å². The van der Waals surface area contributed by atoms with Crippen LogP contribution in [0.2, 0.25) is 0 Å². The molecule has 3 N–H and O–H groups in total. The summed E-state index contributed by atoms with van der Waals surface area (Å²) in [6.07, 6.45) is 2.01. The van der Waals surface area contributed by atoms with Crippen LogP contribution in [-0.4, -0.2) is 46.0 Å². The van der Waals surface area contributed by atoms with Gasteiger partial charge in [0.1, 0.15) is 31.9 Å². The van der Waals surface area contributed by atoms with Crippen LogP contribution < -0.4 is 11.3 Å². The van der Waals surface area contributed by atoms with Crippen LogP contribution in [0.1, 0.15) is 13.8 Å². The number of nitrogens with two attached hydrogens (primary N) is 1. The molecule has 0 saturated heterocycles. The molecule has 0 saturated carbocycles. The SMILES string of the molecule is CCP(=O)(CC)COC(CF)Cn1ccc2c(=O)[nH]c(N)nc21. The zero-order valence-corrected chi connectivity index (χ0v) is 14.2. The van der Waals surface area contributed by atoms with Gasteiger partial charge in [0.25, 0.3) is 5.56 Å². The fraction of sp³-hybridized carbons (Fsp3) is 0.571. The number of anilines is 1. The smallest absolute Gasteiger partial charge is 0.261 e. The van der Waals surface area contributed by atoms with Crippen molar-refractivity contribution in [2.75, 3.05) is 31.1 Å². The Labute approximate surface area is 133 Å². The van der Waals surface area contributed by atoms with Gasteiger partial charge in [-0.05, 0) is 6.07 Å². The lowest BCUT2D eigenvalue weighted by Crippen LogP contribution is -2.23. The van der Waals surface area contributed by atoms with Crippen molar-refractivity contribution in [3.8, 4) is 0 Å². The van der Waals surface area contributed by atoms with Crippen molar-refractivity contribution >= 4 is 24.1 Å². The number of ether oxygens (including phenoxy) is 1. The second-order valence-electron chi connectivity index (χ2n) is 5.42. The molecule has 7 nitrogen and oxygen atoms in total. The number of halogens is 1. The molecule has 2 rings (SSSR count). The van der Waals surface area contributed by atoms with Crippen LogP contribution in [0, 0.1) is 0 Å². The molecule has 0 spiro atoms. The zero-order valence-electron chi connectivity index (χ0n) is 13.3. The molecule has 23 heavy (non-hydrogen) atoms. The van der Waals surface area contributed by atoms with Crippen molar-refractivity contribution in [1.82, 2.24) is 14.5 Å². The van der Waals surface area contributed by atoms with Gasteiger partial charge in [0.2, 0.25) is 5.95 Å². The summed E-state index contributed by atoms with van der Waals surface area (Å²) in [4.78, 5) is 18.3. The van der Waals surface area contributed by atoms with Crippen molar-refractivity contribution in [2.45, 2.75) is 26.5 Å². The first-order valence-corrected chi connectivity index (χ1v) is 9.78. The Kier molecular flexibility index (Phi) is 5.59. The number of nitrogens with one attached hydrogen (secondary N) is 1. The number of nitrogen functional groups attached to an aromatic ring is 1. The minimum Gasteiger partial charge on any atom is -0.369 e. The molecule has 1 atom stereocenters. The highest BCUT2D eigenvalue weighted by atomic mass is 31.2. The lowest BCUT2D eigenvalue weighted by Gasteiger charge is -2.20. The normalized spacial score (nSPS) is 13.5. The highest BCUT2D eigenvalue weighted by Gasteiger charge is 2.21. The average Bonchev–Trinajstić information content (AvgIpc) is 2.94. The fourth-order valence-corrected chi connectivity index (χ4v) is 3.55. The third-order valence-corrected chi connectivity index (χ3v) is 6.84. The summed E-state index contributed by atoms with van der Waals surface area (Å²) >= 11 is 0. The molecule has 0 radical (unpaired) electrons. The Morgan fingerprint density at radius 2 is 2.17 bits per heavy atom. The van der Waals surface area contributed by atoms with E-state index in [1.165, 1.54) is 0 Å². The van der Waals surface area contributed by atoms with E-state index in [0.717, 1.165) is 0 Å². The summed E-state index contributed by atoms with van der Waals surface area (Å²) in [6, 6.07) is 1.60. The molecule has 9 heteroatoms. The maximum Gasteiger partial charge on any atom is 0.261 e. The van der Waals surface area contributed by atoms with Crippen molar-refractivity contribution in [2.24, 2.45) is 0 Å². The van der Waals surface area contributed by atoms with E-state index in [2.05, 4.69) is 9.97 Å². The van der Waals surface area contributed by atoms with Gasteiger partial charge in [-0.25, -0.2) is 4.39 Å². The second kappa shape index (κ2) is 7.27. The van der Waals surface area contributed by atoms with Crippen molar-refractivity contribution < 1.29 is 13.7 Å². The second-order valence-corrected chi connectivity index (χ2v) is 9.06. The maximum atomic E-state index is 13.3. The number of aromatic nitrogens is 3. The van der Waals surface area contributed by atoms with E-state index in [9.17, 15) is 13.8 Å². The van der Waals surface area contributed by atoms with E-state index in [1.54, 1.807) is 16.8 Å². The molecular weight excluding hydrogens is 322 g/mol. The van der Waals surface area contributed by atoms with E-state index >= 15 is 0 Å². The minimum absolute atomic E-state index is 0.00151. The van der Waals surface area contributed by atoms with Gasteiger partial charge in [-0.2, -0.15) is 4.98 Å². The summed E-state index contributed by atoms with van der Waals surface area (Å²) in [5, 5.41) is 0.379. The Morgan fingerprint density at radius 1 is 1.48 bits per heavy atom. The van der Waals surface area contributed by atoms with Gasteiger partial charge in [0, 0.05) is 18.5 Å². The summed E-state index contributed by atoms with van der Waals surface area (Å²) < 4.78 is 32.7. The number of alkyl halides is 1. The van der Waals surface area contributed by atoms with Crippen LogP contribution in [0.5, 0.6) is 0 Å². The molecule has 0 aliphatic carbocycles. The number of H-pyrrole nitrogens is 1. The summed E-state index contributed by atoms with van der Waals surface area (Å²) in [7, 11) is -2.39. The van der Waals surface area contributed by atoms with E-state index in [4.69, 9.17) is 10.5 Å². The molecule has 128 valence electrons. The van der Waals surface area contributed by atoms with E-state index in [1.807, 2.05) is 13.8 Å². The van der Waals surface area contributed by atoms with Gasteiger partial charge in [0.05, 0.1) is 11.9 Å². The summed E-state index contributed by atoms with van der Waals surface area (Å²) in [6.45, 7) is 3.14. The number of nitrogens with zero attached hydrogens (tertiary/aromatic N) is 2. The first-order valence-electron chi connectivity index (χ1n) is 7.51. The van der Waals surface area contributed by atoms with Gasteiger partial charge in [-0.3, -0.25) is 9.78 Å². The molecule has 0 fully saturated rings. The number of fused-ring (bicyclic) bond motifs is 1. The van der Waals surface area contributed by atoms with Crippen LogP contribution in [0.3, 0.4) is 0 Å². The van der Waals surface area contributed by atoms with Crippen molar-refractivity contribution in [3.05, 3.63) is 22.6 Å². The van der Waals surface area contributed by atoms with Crippen molar-refractivity contribution in [1.29, 1.82) is 0 Å². The Morgan fingerprint density at radius 3 is 2.78 bits per heavy atom. The zero-order chi connectivity index (χ0) is 17.0. The third kappa shape index (κ3) is 4.00. The quantitative estimate of drug-likeness (QED) is 0.713. The lowest BCUT2D eigenvalue weighted by atomic mass is 10.4. The summed E-state index contributed by atoms with van der Waals surface area (Å²) in [5.41, 5.74) is 5.58. The first kappa shape index (κ1) is 17.7. The predicted octanol–water partition coefficient (Wildman–Crippen LogP) is 2.02. The molecule has 0 aliphatic heterocycles. The van der Waals surface area contributed by atoms with Crippen LogP contribution in [-0.2, 0) is 15.8 Å². The van der Waals surface area contributed by atoms with E-state index in [0.29, 0.717) is 23.4 Å². The van der Waals surface area contributed by atoms with Crippen LogP contribution in [0.25, 0.3) is 11.0 Å². The Balaban J connectivity index is 2.16. The molecule has 1 unspecified atom stereocenters. The fourth-order valence-electron chi connectivity index (χ4n) is 2.25. The molecule has 0 aliphatic rings. The minimum atomic E-state index is -2.39. The monoisotopic (exact) mass is 344 g/mol. The predicted molar refractivity (Wildman–Crippen MR) is 89.2 cm³/mol. The first-order chi connectivity index (χ1) is 10.9. The highest BCUT2D eigenvalue weighted by molar-refractivity contribution is 7.63. The molecule has 0 amide bonds. The van der Waals surface area contributed by atoms with Gasteiger partial charge in [-0.15, -0.1) is 0 Å². The van der Waals surface area contributed by atoms with Gasteiger partial charge >= 0.3 is 0 Å². The lowest BCUT2D eigenvalue weighted by molar-refractivity contribution is 0.0522. The molecule has 0 bridgehead atoms. The molecule has 0 aromatic carbocycles. The van der Waals surface area contributed by atoms with Crippen LogP contribution in [0.4, 0.5) is 10.3 Å². The topological polar surface area (TPSA) is 103 Å². The van der Waals surface area contributed by atoms with E-state index < -0.39 is 19.9 Å². The average molecular weight is 344 g/mol. The third-order valence-electron chi connectivity index (χ3n) is 3.92. The van der Waals surface area contributed by atoms with Crippen LogP contribution in [0.15, 0.2) is 17.1 Å². The largest absolute Gasteiger partial charge is 0.369 e. The summed E-state index contributed by atoms with van der Waals surface area (Å²) in [5.74, 6) is 0.00151. The number of hydrogen-bond donors (Lipinski definition) is 2. The number of aromatic amines is 1. The Hall–Kier alpha value is -1.66. The number of hydrogen-bond acceptors (Lipinski definition) is 5. The van der Waals surface area contributed by atoms with Gasteiger partial charge in [0.15, 0.2) is 0 Å². The van der Waals surface area contributed by atoms with Crippen LogP contribution >= 0.6 is 7.14 Å². The maximum absolute atomic E-state index is 13.3. The molecule has 2 heterocycles. The van der Waals surface area contributed by atoms with Crippen molar-refractivity contribution in [3.63, 3.8) is 0 Å². The molecular formula is C14H22FN4O3P. The number of rotatable bonds is 8. The molecule has 2 aromatic heterocycles. The van der Waals surface area contributed by atoms with E-state index in [-0.39, 0.29) is 24.4 Å². The molecule has 2 aromatic rings. The standard InChI is InChI=1S/C14H22FN4O3P/c1-3-23(21,4-2)9-22-10(7-15)8-19-6-5-11-12(19)17-14(16)18-13(11)20/h5-6,10H,3-4,7-9H2,1-2H3,(H3,16,17,18,20). The highest BCUT2D eigenvalue weighted by Crippen LogP contribution is 2.44. The Bertz CT molecular complexity index is 765.